The number of halogens is 3. The van der Waals surface area contributed by atoms with E-state index >= 15 is 0 Å². The van der Waals surface area contributed by atoms with Gasteiger partial charge in [-0.2, -0.15) is 0 Å². The normalized spacial score (nSPS) is 15.2. The molecule has 1 rings (SSSR count). The van der Waals surface area contributed by atoms with Crippen molar-refractivity contribution in [1.29, 1.82) is 0 Å². The SMILES string of the molecule is OC(CCl)C(O)c1cc(Cl)cc(Cl)c1. The van der Waals surface area contributed by atoms with Crippen LogP contribution < -0.4 is 0 Å². The highest BCUT2D eigenvalue weighted by molar-refractivity contribution is 6.34. The molecule has 5 heteroatoms. The van der Waals surface area contributed by atoms with Crippen LogP contribution in [0.5, 0.6) is 0 Å². The lowest BCUT2D eigenvalue weighted by molar-refractivity contribution is 0.0327. The fraction of sp³-hybridized carbons (Fsp3) is 0.333. The summed E-state index contributed by atoms with van der Waals surface area (Å²) in [6.07, 6.45) is -2.09. The number of aliphatic hydroxyl groups is 2. The number of rotatable bonds is 3. The first-order chi connectivity index (χ1) is 6.54. The van der Waals surface area contributed by atoms with Crippen molar-refractivity contribution in [3.05, 3.63) is 33.8 Å². The van der Waals surface area contributed by atoms with Gasteiger partial charge < -0.3 is 10.2 Å². The first-order valence-corrected chi connectivity index (χ1v) is 5.21. The van der Waals surface area contributed by atoms with Crippen LogP contribution in [0, 0.1) is 0 Å². The minimum absolute atomic E-state index is 0.0503. The van der Waals surface area contributed by atoms with E-state index in [0.717, 1.165) is 0 Å². The Morgan fingerprint density at radius 1 is 1.07 bits per heavy atom. The van der Waals surface area contributed by atoms with Gasteiger partial charge in [-0.25, -0.2) is 0 Å². The molecule has 0 bridgehead atoms. The van der Waals surface area contributed by atoms with Crippen LogP contribution in [-0.2, 0) is 0 Å². The van der Waals surface area contributed by atoms with Crippen molar-refractivity contribution in [3.63, 3.8) is 0 Å². The fourth-order valence-electron chi connectivity index (χ4n) is 1.05. The third-order valence-electron chi connectivity index (χ3n) is 1.75. The van der Waals surface area contributed by atoms with E-state index in [-0.39, 0.29) is 5.88 Å². The zero-order chi connectivity index (χ0) is 10.7. The molecule has 0 aromatic heterocycles. The summed E-state index contributed by atoms with van der Waals surface area (Å²) in [5.74, 6) is -0.0503. The van der Waals surface area contributed by atoms with E-state index in [0.29, 0.717) is 15.6 Å². The zero-order valence-electron chi connectivity index (χ0n) is 7.12. The van der Waals surface area contributed by atoms with Gasteiger partial charge in [0, 0.05) is 10.0 Å². The van der Waals surface area contributed by atoms with E-state index in [1.807, 2.05) is 0 Å². The monoisotopic (exact) mass is 254 g/mol. The van der Waals surface area contributed by atoms with Gasteiger partial charge in [-0.1, -0.05) is 23.2 Å². The lowest BCUT2D eigenvalue weighted by Gasteiger charge is -2.16. The Morgan fingerprint density at radius 3 is 2.00 bits per heavy atom. The molecule has 2 unspecified atom stereocenters. The maximum absolute atomic E-state index is 9.59. The van der Waals surface area contributed by atoms with Crippen LogP contribution in [-0.4, -0.2) is 22.2 Å². The van der Waals surface area contributed by atoms with Gasteiger partial charge >= 0.3 is 0 Å². The van der Waals surface area contributed by atoms with E-state index in [4.69, 9.17) is 34.8 Å². The predicted molar refractivity (Wildman–Crippen MR) is 58.1 cm³/mol. The summed E-state index contributed by atoms with van der Waals surface area (Å²) >= 11 is 16.9. The molecule has 0 aliphatic carbocycles. The molecule has 0 aliphatic rings. The van der Waals surface area contributed by atoms with Crippen LogP contribution in [0.15, 0.2) is 18.2 Å². The van der Waals surface area contributed by atoms with Gasteiger partial charge in [-0.05, 0) is 23.8 Å². The highest BCUT2D eigenvalue weighted by Gasteiger charge is 2.17. The van der Waals surface area contributed by atoms with Crippen LogP contribution in [0.25, 0.3) is 0 Å². The van der Waals surface area contributed by atoms with Crippen molar-refractivity contribution in [1.82, 2.24) is 0 Å². The Kier molecular flexibility index (Phi) is 4.48. The van der Waals surface area contributed by atoms with Crippen molar-refractivity contribution in [2.45, 2.75) is 12.2 Å². The Morgan fingerprint density at radius 2 is 1.57 bits per heavy atom. The molecule has 0 aliphatic heterocycles. The van der Waals surface area contributed by atoms with Gasteiger partial charge in [0.25, 0.3) is 0 Å². The van der Waals surface area contributed by atoms with Gasteiger partial charge in [-0.15, -0.1) is 11.6 Å². The number of alkyl halides is 1. The Labute approximate surface area is 97.0 Å². The van der Waals surface area contributed by atoms with Crippen LogP contribution in [0.1, 0.15) is 11.7 Å². The topological polar surface area (TPSA) is 40.5 Å². The van der Waals surface area contributed by atoms with E-state index in [1.165, 1.54) is 12.1 Å². The third-order valence-corrected chi connectivity index (χ3v) is 2.50. The first kappa shape index (κ1) is 12.1. The summed E-state index contributed by atoms with van der Waals surface area (Å²) in [5.41, 5.74) is 0.454. The van der Waals surface area contributed by atoms with Crippen LogP contribution >= 0.6 is 34.8 Å². The second-order valence-electron chi connectivity index (χ2n) is 2.87. The van der Waals surface area contributed by atoms with Crippen LogP contribution in [0.3, 0.4) is 0 Å². The molecular weight excluding hydrogens is 246 g/mol. The maximum atomic E-state index is 9.59. The van der Waals surface area contributed by atoms with Gasteiger partial charge in [-0.3, -0.25) is 0 Å². The van der Waals surface area contributed by atoms with E-state index in [9.17, 15) is 10.2 Å². The average molecular weight is 256 g/mol. The van der Waals surface area contributed by atoms with Gasteiger partial charge in [0.15, 0.2) is 0 Å². The predicted octanol–water partition coefficient (Wildman–Crippen LogP) is 2.63. The van der Waals surface area contributed by atoms with E-state index in [2.05, 4.69) is 0 Å². The molecule has 0 fully saturated rings. The molecule has 78 valence electrons. The first-order valence-electron chi connectivity index (χ1n) is 3.92. The molecule has 2 atom stereocenters. The second-order valence-corrected chi connectivity index (χ2v) is 4.05. The molecule has 1 aromatic rings. The Balaban J connectivity index is 2.94. The summed E-state index contributed by atoms with van der Waals surface area (Å²) < 4.78 is 0. The van der Waals surface area contributed by atoms with Crippen molar-refractivity contribution in [2.75, 3.05) is 5.88 Å². The number of hydrogen-bond donors (Lipinski definition) is 2. The molecule has 0 saturated carbocycles. The quantitative estimate of drug-likeness (QED) is 0.815. The van der Waals surface area contributed by atoms with Crippen molar-refractivity contribution < 1.29 is 10.2 Å². The molecule has 1 aromatic carbocycles. The van der Waals surface area contributed by atoms with E-state index in [1.54, 1.807) is 6.07 Å². The maximum Gasteiger partial charge on any atom is 0.106 e. The highest BCUT2D eigenvalue weighted by atomic mass is 35.5. The molecule has 0 saturated heterocycles. The Hall–Kier alpha value is 0.01000. The molecule has 14 heavy (non-hydrogen) atoms. The molecule has 0 radical (unpaired) electrons. The van der Waals surface area contributed by atoms with Crippen molar-refractivity contribution in [3.8, 4) is 0 Å². The van der Waals surface area contributed by atoms with Crippen molar-refractivity contribution >= 4 is 34.8 Å². The highest BCUT2D eigenvalue weighted by Crippen LogP contribution is 2.25. The third kappa shape index (κ3) is 3.01. The number of aliphatic hydroxyl groups excluding tert-OH is 2. The smallest absolute Gasteiger partial charge is 0.106 e. The molecular formula is C9H9Cl3O2. The summed E-state index contributed by atoms with van der Waals surface area (Å²) in [5, 5.41) is 19.7. The van der Waals surface area contributed by atoms with E-state index < -0.39 is 12.2 Å². The minimum atomic E-state index is -1.07. The molecule has 0 amide bonds. The van der Waals surface area contributed by atoms with Gasteiger partial charge in [0.05, 0.1) is 12.0 Å². The molecule has 0 spiro atoms. The largest absolute Gasteiger partial charge is 0.389 e. The van der Waals surface area contributed by atoms with Gasteiger partial charge in [0.1, 0.15) is 6.10 Å². The summed E-state index contributed by atoms with van der Waals surface area (Å²) in [4.78, 5) is 0. The van der Waals surface area contributed by atoms with Crippen LogP contribution in [0.4, 0.5) is 0 Å². The number of benzene rings is 1. The number of hydrogen-bond acceptors (Lipinski definition) is 2. The lowest BCUT2D eigenvalue weighted by Crippen LogP contribution is -2.19. The fourth-order valence-corrected chi connectivity index (χ4v) is 1.76. The lowest BCUT2D eigenvalue weighted by atomic mass is 10.1. The standard InChI is InChI=1S/C9H9Cl3O2/c10-4-8(13)9(14)5-1-6(11)3-7(12)2-5/h1-3,8-9,13-14H,4H2. The molecule has 0 heterocycles. The zero-order valence-corrected chi connectivity index (χ0v) is 9.39. The minimum Gasteiger partial charge on any atom is -0.389 e. The summed E-state index contributed by atoms with van der Waals surface area (Å²) in [6.45, 7) is 0. The average Bonchev–Trinajstić information content (AvgIpc) is 2.14. The summed E-state index contributed by atoms with van der Waals surface area (Å²) in [6, 6.07) is 4.62. The van der Waals surface area contributed by atoms with Crippen molar-refractivity contribution in [2.24, 2.45) is 0 Å². The van der Waals surface area contributed by atoms with Gasteiger partial charge in [0.2, 0.25) is 0 Å². The summed E-state index contributed by atoms with van der Waals surface area (Å²) in [7, 11) is 0. The molecule has 2 N–H and O–H groups in total. The Bertz CT molecular complexity index is 297. The van der Waals surface area contributed by atoms with Crippen LogP contribution in [0.2, 0.25) is 10.0 Å². The second kappa shape index (κ2) is 5.19. The molecule has 2 nitrogen and oxygen atoms in total.